The van der Waals surface area contributed by atoms with Crippen molar-refractivity contribution in [3.63, 3.8) is 0 Å². The highest BCUT2D eigenvalue weighted by molar-refractivity contribution is 6.30. The minimum absolute atomic E-state index is 0.0793. The van der Waals surface area contributed by atoms with Crippen molar-refractivity contribution in [3.05, 3.63) is 56.8 Å². The van der Waals surface area contributed by atoms with E-state index in [-0.39, 0.29) is 11.4 Å². The van der Waals surface area contributed by atoms with E-state index in [9.17, 15) is 14.7 Å². The molecule has 0 aliphatic heterocycles. The fourth-order valence-electron chi connectivity index (χ4n) is 1.62. The lowest BCUT2D eigenvalue weighted by Crippen LogP contribution is -2.16. The van der Waals surface area contributed by atoms with Gasteiger partial charge < -0.3 is 10.4 Å². The van der Waals surface area contributed by atoms with Crippen LogP contribution >= 0.6 is 11.6 Å². The van der Waals surface area contributed by atoms with Gasteiger partial charge in [-0.25, -0.2) is 0 Å². The van der Waals surface area contributed by atoms with Crippen LogP contribution in [0.25, 0.3) is 0 Å². The normalized spacial score (nSPS) is 10.2. The van der Waals surface area contributed by atoms with Crippen LogP contribution in [0.5, 0.6) is 5.88 Å². The molecule has 6 heteroatoms. The molecule has 2 rings (SSSR count). The van der Waals surface area contributed by atoms with Gasteiger partial charge in [-0.05, 0) is 30.7 Å². The second-order valence-electron chi connectivity index (χ2n) is 4.03. The van der Waals surface area contributed by atoms with Crippen LogP contribution in [0.4, 0.5) is 5.69 Å². The number of aromatic amines is 1. The van der Waals surface area contributed by atoms with E-state index in [1.54, 1.807) is 25.1 Å². The second-order valence-corrected chi connectivity index (χ2v) is 4.47. The van der Waals surface area contributed by atoms with E-state index >= 15 is 0 Å². The van der Waals surface area contributed by atoms with Crippen LogP contribution in [-0.2, 0) is 0 Å². The molecular formula is C13H11ClN2O3. The number of halogens is 1. The molecule has 0 unspecified atom stereocenters. The number of hydrogen-bond acceptors (Lipinski definition) is 3. The summed E-state index contributed by atoms with van der Waals surface area (Å²) in [5.41, 5.74) is 0.928. The van der Waals surface area contributed by atoms with Crippen LogP contribution in [0.1, 0.15) is 15.9 Å². The lowest BCUT2D eigenvalue weighted by atomic mass is 10.2. The Morgan fingerprint density at radius 1 is 1.32 bits per heavy atom. The van der Waals surface area contributed by atoms with Crippen LogP contribution in [0.15, 0.2) is 35.1 Å². The summed E-state index contributed by atoms with van der Waals surface area (Å²) in [6.07, 6.45) is 0. The zero-order valence-electron chi connectivity index (χ0n) is 10.0. The summed E-state index contributed by atoms with van der Waals surface area (Å²) in [6.45, 7) is 1.80. The molecule has 2 aromatic rings. The third-order valence-corrected chi connectivity index (χ3v) is 2.76. The van der Waals surface area contributed by atoms with E-state index in [4.69, 9.17) is 11.6 Å². The Labute approximate surface area is 113 Å². The Balaban J connectivity index is 2.28. The zero-order valence-corrected chi connectivity index (χ0v) is 10.8. The number of anilines is 1. The minimum atomic E-state index is -0.544. The third-order valence-electron chi connectivity index (χ3n) is 2.53. The highest BCUT2D eigenvalue weighted by Crippen LogP contribution is 2.20. The lowest BCUT2D eigenvalue weighted by Gasteiger charge is -2.08. The topological polar surface area (TPSA) is 82.2 Å². The van der Waals surface area contributed by atoms with E-state index in [2.05, 4.69) is 10.3 Å². The van der Waals surface area contributed by atoms with Gasteiger partial charge in [-0.2, -0.15) is 0 Å². The van der Waals surface area contributed by atoms with Crippen molar-refractivity contribution in [2.75, 3.05) is 5.32 Å². The summed E-state index contributed by atoms with van der Waals surface area (Å²) in [4.78, 5) is 25.3. The first-order chi connectivity index (χ1) is 8.95. The molecule has 19 heavy (non-hydrogen) atoms. The predicted molar refractivity (Wildman–Crippen MR) is 72.9 cm³/mol. The summed E-state index contributed by atoms with van der Waals surface area (Å²) in [7, 11) is 0. The number of aryl methyl sites for hydroxylation is 1. The summed E-state index contributed by atoms with van der Waals surface area (Å²) >= 11 is 5.82. The Morgan fingerprint density at radius 2 is 2.05 bits per heavy atom. The Hall–Kier alpha value is -2.27. The molecular weight excluding hydrogens is 268 g/mol. The number of amides is 1. The van der Waals surface area contributed by atoms with Crippen molar-refractivity contribution >= 4 is 23.2 Å². The number of hydrogen-bond donors (Lipinski definition) is 3. The van der Waals surface area contributed by atoms with E-state index in [0.29, 0.717) is 10.7 Å². The number of carbonyl (C=O) groups excluding carboxylic acids is 1. The molecule has 1 aromatic heterocycles. The van der Waals surface area contributed by atoms with Crippen LogP contribution in [0.2, 0.25) is 5.02 Å². The molecule has 0 bridgehead atoms. The van der Waals surface area contributed by atoms with Crippen molar-refractivity contribution in [2.45, 2.75) is 6.92 Å². The second kappa shape index (κ2) is 5.16. The monoisotopic (exact) mass is 278 g/mol. The summed E-state index contributed by atoms with van der Waals surface area (Å²) < 4.78 is 0. The van der Waals surface area contributed by atoms with Crippen LogP contribution < -0.4 is 10.9 Å². The maximum atomic E-state index is 11.9. The molecule has 1 heterocycles. The van der Waals surface area contributed by atoms with Gasteiger partial charge in [0.25, 0.3) is 11.5 Å². The van der Waals surface area contributed by atoms with E-state index in [1.807, 2.05) is 0 Å². The summed E-state index contributed by atoms with van der Waals surface area (Å²) in [6, 6.07) is 7.33. The molecule has 0 saturated carbocycles. The summed E-state index contributed by atoms with van der Waals surface area (Å²) in [5.74, 6) is -0.836. The average Bonchev–Trinajstić information content (AvgIpc) is 2.31. The highest BCUT2D eigenvalue weighted by atomic mass is 35.5. The van der Waals surface area contributed by atoms with Gasteiger partial charge in [0.05, 0.1) is 5.56 Å². The van der Waals surface area contributed by atoms with Gasteiger partial charge >= 0.3 is 0 Å². The van der Waals surface area contributed by atoms with E-state index < -0.39 is 11.5 Å². The highest BCUT2D eigenvalue weighted by Gasteiger charge is 2.10. The Morgan fingerprint density at radius 3 is 2.68 bits per heavy atom. The largest absolute Gasteiger partial charge is 0.494 e. The van der Waals surface area contributed by atoms with Gasteiger partial charge in [0.1, 0.15) is 0 Å². The fraction of sp³-hybridized carbons (Fsp3) is 0.0769. The third kappa shape index (κ3) is 3.14. The standard InChI is InChI=1S/C13H11ClN2O3/c1-7-4-9(14)2-3-10(7)15-13(19)8-5-11(17)16-12(18)6-8/h2-6H,1H3,(H,15,19)(H2,16,17,18). The zero-order chi connectivity index (χ0) is 14.0. The molecule has 0 radical (unpaired) electrons. The number of aromatic nitrogens is 1. The SMILES string of the molecule is Cc1cc(Cl)ccc1NC(=O)c1cc(O)[nH]c(=O)c1. The number of carbonyl (C=O) groups is 1. The van der Waals surface area contributed by atoms with Crippen molar-refractivity contribution < 1.29 is 9.90 Å². The van der Waals surface area contributed by atoms with Gasteiger partial charge in [0.15, 0.2) is 5.88 Å². The number of nitrogens with one attached hydrogen (secondary N) is 2. The first kappa shape index (κ1) is 13.2. The van der Waals surface area contributed by atoms with Crippen molar-refractivity contribution in [3.8, 4) is 5.88 Å². The predicted octanol–water partition coefficient (Wildman–Crippen LogP) is 2.29. The molecule has 1 amide bonds. The smallest absolute Gasteiger partial charge is 0.256 e. The maximum Gasteiger partial charge on any atom is 0.256 e. The van der Waals surface area contributed by atoms with Gasteiger partial charge in [-0.1, -0.05) is 11.6 Å². The summed E-state index contributed by atoms with van der Waals surface area (Å²) in [5, 5.41) is 12.5. The maximum absolute atomic E-state index is 11.9. The first-order valence-electron chi connectivity index (χ1n) is 5.46. The Bertz CT molecular complexity index is 695. The van der Waals surface area contributed by atoms with E-state index in [0.717, 1.165) is 11.6 Å². The number of benzene rings is 1. The van der Waals surface area contributed by atoms with Crippen molar-refractivity contribution in [1.82, 2.24) is 4.98 Å². The molecule has 0 aliphatic carbocycles. The fourth-order valence-corrected chi connectivity index (χ4v) is 1.85. The molecule has 5 nitrogen and oxygen atoms in total. The van der Waals surface area contributed by atoms with Crippen molar-refractivity contribution in [1.29, 1.82) is 0 Å². The molecule has 0 saturated heterocycles. The van der Waals surface area contributed by atoms with Crippen molar-refractivity contribution in [2.24, 2.45) is 0 Å². The minimum Gasteiger partial charge on any atom is -0.494 e. The molecule has 0 spiro atoms. The number of aromatic hydroxyl groups is 1. The molecule has 0 aliphatic rings. The molecule has 0 atom stereocenters. The first-order valence-corrected chi connectivity index (χ1v) is 5.84. The number of H-pyrrole nitrogens is 1. The quantitative estimate of drug-likeness (QED) is 0.788. The average molecular weight is 279 g/mol. The Kier molecular flexibility index (Phi) is 3.57. The van der Waals surface area contributed by atoms with E-state index in [1.165, 1.54) is 6.07 Å². The van der Waals surface area contributed by atoms with Crippen LogP contribution in [-0.4, -0.2) is 16.0 Å². The number of pyridine rings is 1. The van der Waals surface area contributed by atoms with Gasteiger partial charge in [-0.15, -0.1) is 0 Å². The molecule has 98 valence electrons. The molecule has 0 fully saturated rings. The number of rotatable bonds is 2. The van der Waals surface area contributed by atoms with Crippen LogP contribution in [0.3, 0.4) is 0 Å². The molecule has 3 N–H and O–H groups in total. The van der Waals surface area contributed by atoms with Crippen LogP contribution in [0, 0.1) is 6.92 Å². The lowest BCUT2D eigenvalue weighted by molar-refractivity contribution is 0.102. The molecule has 1 aromatic carbocycles. The van der Waals surface area contributed by atoms with Gasteiger partial charge in [-0.3, -0.25) is 14.6 Å². The van der Waals surface area contributed by atoms with Gasteiger partial charge in [0, 0.05) is 22.8 Å². The van der Waals surface area contributed by atoms with Gasteiger partial charge in [0.2, 0.25) is 0 Å².